The molecule has 1 aromatic heterocycles. The van der Waals surface area contributed by atoms with E-state index in [1.165, 1.54) is 18.2 Å². The summed E-state index contributed by atoms with van der Waals surface area (Å²) >= 11 is 0. The molecule has 0 saturated heterocycles. The summed E-state index contributed by atoms with van der Waals surface area (Å²) in [6.45, 7) is 0. The fourth-order valence-electron chi connectivity index (χ4n) is 2.64. The second-order valence-corrected chi connectivity index (χ2v) is 8.54. The van der Waals surface area contributed by atoms with Crippen molar-refractivity contribution < 1.29 is 22.0 Å². The SMILES string of the molecule is CN(C)c1cnnc(Nc2ccc(NC(=O)c3ccccc3S(=O)(=O)C(F)F)cc2)c1. The van der Waals surface area contributed by atoms with Crippen LogP contribution in [0, 0.1) is 0 Å². The summed E-state index contributed by atoms with van der Waals surface area (Å²) < 4.78 is 49.5. The Morgan fingerprint density at radius 3 is 2.32 bits per heavy atom. The summed E-state index contributed by atoms with van der Waals surface area (Å²) in [4.78, 5) is 13.7. The molecule has 11 heteroatoms. The highest BCUT2D eigenvalue weighted by Gasteiger charge is 2.30. The van der Waals surface area contributed by atoms with E-state index >= 15 is 0 Å². The van der Waals surface area contributed by atoms with E-state index in [4.69, 9.17) is 0 Å². The van der Waals surface area contributed by atoms with Crippen molar-refractivity contribution in [3.63, 3.8) is 0 Å². The Kier molecular flexibility index (Phi) is 6.44. The van der Waals surface area contributed by atoms with Crippen LogP contribution >= 0.6 is 0 Å². The Balaban J connectivity index is 1.75. The predicted molar refractivity (Wildman–Crippen MR) is 114 cm³/mol. The average molecular weight is 447 g/mol. The summed E-state index contributed by atoms with van der Waals surface area (Å²) in [5, 5.41) is 13.5. The Bertz CT molecular complexity index is 1190. The number of benzene rings is 2. The van der Waals surface area contributed by atoms with Crippen LogP contribution in [0.2, 0.25) is 0 Å². The molecule has 0 atom stereocenters. The van der Waals surface area contributed by atoms with E-state index in [1.807, 2.05) is 25.1 Å². The lowest BCUT2D eigenvalue weighted by atomic mass is 10.2. The van der Waals surface area contributed by atoms with Gasteiger partial charge in [0.1, 0.15) is 0 Å². The van der Waals surface area contributed by atoms with Gasteiger partial charge in [0.15, 0.2) is 5.82 Å². The van der Waals surface area contributed by atoms with Crippen molar-refractivity contribution in [3.05, 3.63) is 66.4 Å². The van der Waals surface area contributed by atoms with Gasteiger partial charge >= 0.3 is 5.76 Å². The number of hydrogen-bond donors (Lipinski definition) is 2. The minimum Gasteiger partial charge on any atom is -0.376 e. The second kappa shape index (κ2) is 9.04. The monoisotopic (exact) mass is 447 g/mol. The van der Waals surface area contributed by atoms with Crippen LogP contribution in [-0.4, -0.2) is 44.4 Å². The topological polar surface area (TPSA) is 104 Å². The van der Waals surface area contributed by atoms with Gasteiger partial charge < -0.3 is 15.5 Å². The Hall–Kier alpha value is -3.60. The molecular formula is C20H19F2N5O3S. The first-order valence-electron chi connectivity index (χ1n) is 8.98. The van der Waals surface area contributed by atoms with Gasteiger partial charge in [-0.3, -0.25) is 4.79 Å². The second-order valence-electron chi connectivity index (χ2n) is 6.65. The van der Waals surface area contributed by atoms with E-state index in [0.717, 1.165) is 11.8 Å². The van der Waals surface area contributed by atoms with Crippen molar-refractivity contribution in [2.45, 2.75) is 10.7 Å². The maximum atomic E-state index is 12.9. The number of halogens is 2. The molecule has 3 rings (SSSR count). The van der Waals surface area contributed by atoms with Gasteiger partial charge in [0.25, 0.3) is 5.91 Å². The van der Waals surface area contributed by atoms with Crippen LogP contribution in [-0.2, 0) is 9.84 Å². The standard InChI is InChI=1S/C20H19F2N5O3S/c1-27(2)15-11-18(26-23-12-15)24-13-7-9-14(10-8-13)25-19(28)16-5-3-4-6-17(16)31(29,30)20(21)22/h3-12,20H,1-2H3,(H,24,26)(H,25,28). The van der Waals surface area contributed by atoms with E-state index in [-0.39, 0.29) is 5.56 Å². The summed E-state index contributed by atoms with van der Waals surface area (Å²) in [5.74, 6) is -3.92. The summed E-state index contributed by atoms with van der Waals surface area (Å²) in [6, 6.07) is 13.1. The number of nitrogens with zero attached hydrogens (tertiary/aromatic N) is 3. The third kappa shape index (κ3) is 5.12. The van der Waals surface area contributed by atoms with Crippen LogP contribution in [0.15, 0.2) is 65.7 Å². The highest BCUT2D eigenvalue weighted by atomic mass is 32.2. The maximum absolute atomic E-state index is 12.9. The van der Waals surface area contributed by atoms with E-state index in [0.29, 0.717) is 17.2 Å². The summed E-state index contributed by atoms with van der Waals surface area (Å²) in [6.07, 6.45) is 1.62. The number of rotatable bonds is 7. The molecule has 31 heavy (non-hydrogen) atoms. The molecule has 0 aliphatic rings. The molecule has 0 fully saturated rings. The zero-order chi connectivity index (χ0) is 22.6. The van der Waals surface area contributed by atoms with Gasteiger partial charge in [-0.1, -0.05) is 12.1 Å². The number of carbonyl (C=O) groups is 1. The van der Waals surface area contributed by atoms with E-state index in [2.05, 4.69) is 20.8 Å². The van der Waals surface area contributed by atoms with Crippen LogP contribution in [0.3, 0.4) is 0 Å². The number of aromatic nitrogens is 2. The zero-order valence-corrected chi connectivity index (χ0v) is 17.4. The first kappa shape index (κ1) is 22.1. The third-order valence-corrected chi connectivity index (χ3v) is 5.68. The van der Waals surface area contributed by atoms with Gasteiger partial charge in [-0.25, -0.2) is 8.42 Å². The first-order chi connectivity index (χ1) is 14.7. The Morgan fingerprint density at radius 1 is 1.03 bits per heavy atom. The molecule has 2 aromatic carbocycles. The van der Waals surface area contributed by atoms with Gasteiger partial charge in [-0.15, -0.1) is 5.10 Å². The van der Waals surface area contributed by atoms with E-state index in [1.54, 1.807) is 30.5 Å². The van der Waals surface area contributed by atoms with Gasteiger partial charge in [0.05, 0.1) is 22.3 Å². The molecular weight excluding hydrogens is 428 g/mol. The molecule has 1 heterocycles. The van der Waals surface area contributed by atoms with Gasteiger partial charge in [0.2, 0.25) is 9.84 Å². The number of hydrogen-bond acceptors (Lipinski definition) is 7. The van der Waals surface area contributed by atoms with Crippen molar-refractivity contribution in [2.75, 3.05) is 29.6 Å². The molecule has 0 aliphatic heterocycles. The fraction of sp³-hybridized carbons (Fsp3) is 0.150. The van der Waals surface area contributed by atoms with E-state index in [9.17, 15) is 22.0 Å². The van der Waals surface area contributed by atoms with E-state index < -0.39 is 26.4 Å². The molecule has 0 spiro atoms. The largest absolute Gasteiger partial charge is 0.376 e. The molecule has 0 bridgehead atoms. The fourth-order valence-corrected chi connectivity index (χ4v) is 3.57. The molecule has 8 nitrogen and oxygen atoms in total. The van der Waals surface area contributed by atoms with Crippen molar-refractivity contribution >= 4 is 38.6 Å². The molecule has 0 unspecified atom stereocenters. The first-order valence-corrected chi connectivity index (χ1v) is 10.5. The number of anilines is 4. The highest BCUT2D eigenvalue weighted by molar-refractivity contribution is 7.91. The normalized spacial score (nSPS) is 11.3. The van der Waals surface area contributed by atoms with Gasteiger partial charge in [0, 0.05) is 31.5 Å². The average Bonchev–Trinajstić information content (AvgIpc) is 2.75. The van der Waals surface area contributed by atoms with Crippen molar-refractivity contribution in [1.29, 1.82) is 0 Å². The van der Waals surface area contributed by atoms with Crippen molar-refractivity contribution in [2.24, 2.45) is 0 Å². The smallest absolute Gasteiger partial charge is 0.341 e. The maximum Gasteiger partial charge on any atom is 0.341 e. The predicted octanol–water partition coefficient (Wildman–Crippen LogP) is 3.53. The lowest BCUT2D eigenvalue weighted by Crippen LogP contribution is -2.19. The quantitative estimate of drug-likeness (QED) is 0.571. The van der Waals surface area contributed by atoms with Crippen LogP contribution in [0.4, 0.5) is 31.7 Å². The number of sulfone groups is 1. The van der Waals surface area contributed by atoms with Crippen LogP contribution in [0.5, 0.6) is 0 Å². The number of amides is 1. The molecule has 3 aromatic rings. The summed E-state index contributed by atoms with van der Waals surface area (Å²) in [7, 11) is -1.16. The Labute approximate surface area is 177 Å². The van der Waals surface area contributed by atoms with Crippen LogP contribution < -0.4 is 15.5 Å². The van der Waals surface area contributed by atoms with Gasteiger partial charge in [-0.2, -0.15) is 13.9 Å². The molecule has 0 saturated carbocycles. The van der Waals surface area contributed by atoms with Crippen LogP contribution in [0.25, 0.3) is 0 Å². The minimum atomic E-state index is -4.92. The highest BCUT2D eigenvalue weighted by Crippen LogP contribution is 2.24. The van der Waals surface area contributed by atoms with Crippen molar-refractivity contribution in [3.8, 4) is 0 Å². The van der Waals surface area contributed by atoms with Gasteiger partial charge in [-0.05, 0) is 36.4 Å². The van der Waals surface area contributed by atoms with Crippen LogP contribution in [0.1, 0.15) is 10.4 Å². The lowest BCUT2D eigenvalue weighted by molar-refractivity contribution is 0.102. The zero-order valence-electron chi connectivity index (χ0n) is 16.6. The molecule has 162 valence electrons. The van der Waals surface area contributed by atoms with Crippen molar-refractivity contribution in [1.82, 2.24) is 10.2 Å². The third-order valence-electron chi connectivity index (χ3n) is 4.24. The lowest BCUT2D eigenvalue weighted by Gasteiger charge is -2.13. The molecule has 2 N–H and O–H groups in total. The molecule has 1 amide bonds. The number of alkyl halides is 2. The summed E-state index contributed by atoms with van der Waals surface area (Å²) in [5.41, 5.74) is 1.52. The number of carbonyl (C=O) groups excluding carboxylic acids is 1. The Morgan fingerprint density at radius 2 is 1.68 bits per heavy atom. The molecule has 0 aliphatic carbocycles. The number of nitrogens with one attached hydrogen (secondary N) is 2. The minimum absolute atomic E-state index is 0.355. The molecule has 0 radical (unpaired) electrons.